The van der Waals surface area contributed by atoms with Crippen LogP contribution in [0.2, 0.25) is 0 Å². The van der Waals surface area contributed by atoms with Crippen molar-refractivity contribution in [3.63, 3.8) is 0 Å². The molecule has 0 aliphatic carbocycles. The number of aliphatic carboxylic acids is 1. The van der Waals surface area contributed by atoms with Crippen LogP contribution < -0.4 is 60.6 Å². The summed E-state index contributed by atoms with van der Waals surface area (Å²) in [4.78, 5) is 120. The Morgan fingerprint density at radius 3 is 1.37 bits per heavy atom. The average molecular weight is 857 g/mol. The summed E-state index contributed by atoms with van der Waals surface area (Å²) in [6, 6.07) is -9.61. The Labute approximate surface area is 350 Å². The van der Waals surface area contributed by atoms with Crippen molar-refractivity contribution in [3.8, 4) is 0 Å². The highest BCUT2D eigenvalue weighted by molar-refractivity contribution is 5.97. The topological polar surface area (TPSA) is 409 Å². The van der Waals surface area contributed by atoms with Gasteiger partial charge in [0.1, 0.15) is 36.3 Å². The minimum Gasteiger partial charge on any atom is -0.480 e. The van der Waals surface area contributed by atoms with Crippen molar-refractivity contribution >= 4 is 59.2 Å². The average Bonchev–Trinajstić information content (AvgIpc) is 3.15. The number of rotatable bonds is 30. The minimum absolute atomic E-state index is 0.0127. The molecule has 342 valence electrons. The molecule has 0 fully saturated rings. The molecular weight excluding hydrogens is 788 g/mol. The van der Waals surface area contributed by atoms with Gasteiger partial charge in [-0.25, -0.2) is 4.79 Å². The molecule has 8 atom stereocenters. The van der Waals surface area contributed by atoms with E-state index >= 15 is 0 Å². The smallest absolute Gasteiger partial charge is 0.326 e. The highest BCUT2D eigenvalue weighted by atomic mass is 16.4. The van der Waals surface area contributed by atoms with Crippen LogP contribution in [-0.4, -0.2) is 125 Å². The van der Waals surface area contributed by atoms with E-state index in [1.165, 1.54) is 0 Å². The standard InChI is InChI=1S/C37H68N12O11/c1-7-20(6)29(36(59)60)49-35(58)26(17-50)48-34(57)25(16-19(4)5)47-33(56)24(11-13-28(40)52)46-31(54)22(9-8-14-43-37(41)42)45-32(55)23(10-12-27(39)51)44-30(53)21(38)15-18(2)3/h18-26,29,50H,7-17,38H2,1-6H3,(H2,39,51)(H2,40,52)(H,44,53)(H,45,55)(H,46,54)(H,47,56)(H,48,57)(H,49,58)(H,59,60)(H4,41,42,43)/t20-,21-,22-,23-,24-,25-,26-,29-/m0/s1. The predicted molar refractivity (Wildman–Crippen MR) is 219 cm³/mol. The van der Waals surface area contributed by atoms with Gasteiger partial charge in [0.25, 0.3) is 0 Å². The summed E-state index contributed by atoms with van der Waals surface area (Å²) in [5, 5.41) is 34.2. The number of carboxylic acids is 1. The van der Waals surface area contributed by atoms with Gasteiger partial charge in [0.05, 0.1) is 12.6 Å². The van der Waals surface area contributed by atoms with Gasteiger partial charge in [0, 0.05) is 19.4 Å². The summed E-state index contributed by atoms with van der Waals surface area (Å²) in [6.07, 6.45) is -0.670. The van der Waals surface area contributed by atoms with E-state index in [2.05, 4.69) is 36.9 Å². The fourth-order valence-corrected chi connectivity index (χ4v) is 5.70. The molecule has 23 heteroatoms. The summed E-state index contributed by atoms with van der Waals surface area (Å²) in [5.74, 6) is -9.25. The first-order valence-corrected chi connectivity index (χ1v) is 20.0. The quantitative estimate of drug-likeness (QED) is 0.0186. The van der Waals surface area contributed by atoms with E-state index in [-0.39, 0.29) is 69.3 Å². The number of primary amides is 2. The number of nitrogens with zero attached hydrogens (tertiary/aromatic N) is 1. The summed E-state index contributed by atoms with van der Waals surface area (Å²) < 4.78 is 0. The summed E-state index contributed by atoms with van der Waals surface area (Å²) in [5.41, 5.74) is 27.5. The Balaban J connectivity index is 6.54. The first kappa shape index (κ1) is 54.4. The number of carboxylic acid groups (broad SMARTS) is 1. The van der Waals surface area contributed by atoms with Crippen LogP contribution in [0.1, 0.15) is 99.3 Å². The number of carbonyl (C=O) groups is 9. The number of carbonyl (C=O) groups excluding carboxylic acids is 8. The lowest BCUT2D eigenvalue weighted by Crippen LogP contribution is -2.60. The lowest BCUT2D eigenvalue weighted by atomic mass is 9.99. The van der Waals surface area contributed by atoms with Crippen molar-refractivity contribution in [3.05, 3.63) is 0 Å². The van der Waals surface area contributed by atoms with E-state index in [0.29, 0.717) is 6.42 Å². The zero-order valence-corrected chi connectivity index (χ0v) is 35.5. The molecule has 0 rings (SSSR count). The molecule has 0 unspecified atom stereocenters. The zero-order valence-electron chi connectivity index (χ0n) is 35.5. The van der Waals surface area contributed by atoms with Gasteiger partial charge in [-0.1, -0.05) is 48.0 Å². The number of nitrogens with two attached hydrogens (primary N) is 5. The fourth-order valence-electron chi connectivity index (χ4n) is 5.70. The first-order valence-electron chi connectivity index (χ1n) is 20.0. The van der Waals surface area contributed by atoms with Crippen LogP contribution in [0.15, 0.2) is 4.99 Å². The van der Waals surface area contributed by atoms with Crippen LogP contribution in [-0.2, 0) is 43.2 Å². The monoisotopic (exact) mass is 857 g/mol. The highest BCUT2D eigenvalue weighted by Gasteiger charge is 2.34. The molecule has 0 aliphatic heterocycles. The van der Waals surface area contributed by atoms with E-state index in [1.54, 1.807) is 27.7 Å². The summed E-state index contributed by atoms with van der Waals surface area (Å²) >= 11 is 0. The Morgan fingerprint density at radius 1 is 0.567 bits per heavy atom. The maximum absolute atomic E-state index is 13.9. The highest BCUT2D eigenvalue weighted by Crippen LogP contribution is 2.11. The summed E-state index contributed by atoms with van der Waals surface area (Å²) in [6.45, 7) is 9.57. The van der Waals surface area contributed by atoms with Crippen LogP contribution in [0.25, 0.3) is 0 Å². The third-order valence-corrected chi connectivity index (χ3v) is 9.20. The second-order valence-corrected chi connectivity index (χ2v) is 15.5. The molecule has 0 aromatic heterocycles. The Bertz CT molecular complexity index is 1510. The van der Waals surface area contributed by atoms with E-state index in [1.807, 2.05) is 13.8 Å². The van der Waals surface area contributed by atoms with Gasteiger partial charge >= 0.3 is 5.97 Å². The third-order valence-electron chi connectivity index (χ3n) is 9.20. The van der Waals surface area contributed by atoms with Gasteiger partial charge in [-0.3, -0.25) is 43.3 Å². The van der Waals surface area contributed by atoms with E-state index < -0.39 is 114 Å². The van der Waals surface area contributed by atoms with Crippen molar-refractivity contribution in [2.45, 2.75) is 142 Å². The molecule has 0 saturated heterocycles. The molecule has 18 N–H and O–H groups in total. The van der Waals surface area contributed by atoms with E-state index in [0.717, 1.165) is 0 Å². The van der Waals surface area contributed by atoms with E-state index in [4.69, 9.17) is 28.7 Å². The van der Waals surface area contributed by atoms with Gasteiger partial charge in [-0.05, 0) is 56.3 Å². The number of aliphatic hydroxyl groups is 1. The number of aliphatic hydroxyl groups excluding tert-OH is 1. The van der Waals surface area contributed by atoms with Crippen LogP contribution in [0.4, 0.5) is 0 Å². The number of nitrogens with one attached hydrogen (secondary N) is 6. The molecule has 0 bridgehead atoms. The van der Waals surface area contributed by atoms with Gasteiger partial charge in [0.2, 0.25) is 47.3 Å². The largest absolute Gasteiger partial charge is 0.480 e. The molecule has 0 aromatic rings. The predicted octanol–water partition coefficient (Wildman–Crippen LogP) is -3.98. The number of hydrogen-bond donors (Lipinski definition) is 13. The maximum atomic E-state index is 13.9. The van der Waals surface area contributed by atoms with Crippen molar-refractivity contribution in [2.24, 2.45) is 51.4 Å². The number of amides is 8. The van der Waals surface area contributed by atoms with Gasteiger partial charge in [-0.15, -0.1) is 0 Å². The molecule has 0 spiro atoms. The molecule has 0 radical (unpaired) electrons. The lowest BCUT2D eigenvalue weighted by Gasteiger charge is -2.28. The normalized spacial score (nSPS) is 15.1. The first-order chi connectivity index (χ1) is 27.9. The lowest BCUT2D eigenvalue weighted by molar-refractivity contribution is -0.144. The van der Waals surface area contributed by atoms with Crippen molar-refractivity contribution in [2.75, 3.05) is 13.2 Å². The second-order valence-electron chi connectivity index (χ2n) is 15.5. The zero-order chi connectivity index (χ0) is 46.3. The maximum Gasteiger partial charge on any atom is 0.326 e. The Morgan fingerprint density at radius 2 is 0.967 bits per heavy atom. The fraction of sp³-hybridized carbons (Fsp3) is 0.730. The number of aliphatic imine (C=N–C) groups is 1. The summed E-state index contributed by atoms with van der Waals surface area (Å²) in [7, 11) is 0. The van der Waals surface area contributed by atoms with Gasteiger partial charge in [-0.2, -0.15) is 0 Å². The Hall–Kier alpha value is -5.58. The third kappa shape index (κ3) is 22.0. The molecule has 23 nitrogen and oxygen atoms in total. The molecule has 0 aromatic carbocycles. The van der Waals surface area contributed by atoms with Crippen LogP contribution in [0.3, 0.4) is 0 Å². The number of hydrogen-bond acceptors (Lipinski definition) is 12. The van der Waals surface area contributed by atoms with Crippen LogP contribution in [0, 0.1) is 17.8 Å². The van der Waals surface area contributed by atoms with Gasteiger partial charge < -0.3 is 70.8 Å². The molecule has 0 aliphatic rings. The molecule has 0 saturated carbocycles. The van der Waals surface area contributed by atoms with Crippen molar-refractivity contribution in [1.29, 1.82) is 0 Å². The van der Waals surface area contributed by atoms with Gasteiger partial charge in [0.15, 0.2) is 5.96 Å². The minimum atomic E-state index is -1.61. The molecule has 0 heterocycles. The van der Waals surface area contributed by atoms with E-state index in [9.17, 15) is 53.4 Å². The molecular formula is C37H68N12O11. The molecule has 8 amide bonds. The number of guanidine groups is 1. The Kier molecular flexibility index (Phi) is 25.4. The molecule has 60 heavy (non-hydrogen) atoms. The SMILES string of the molecule is CC[C@H](C)[C@H](NC(=O)[C@H](CO)NC(=O)[C@H](CC(C)C)NC(=O)[C@H](CCC(N)=O)NC(=O)[C@H](CCCN=C(N)N)NC(=O)[C@H](CCC(N)=O)NC(=O)[C@@H](N)CC(C)C)C(=O)O. The second kappa shape index (κ2) is 28.0. The van der Waals surface area contributed by atoms with Crippen LogP contribution in [0.5, 0.6) is 0 Å². The van der Waals surface area contributed by atoms with Crippen molar-refractivity contribution in [1.82, 2.24) is 31.9 Å². The van der Waals surface area contributed by atoms with Crippen LogP contribution >= 0.6 is 0 Å². The van der Waals surface area contributed by atoms with Crippen molar-refractivity contribution < 1.29 is 53.4 Å².